The number of nitrogens with one attached hydrogen (secondary N) is 1. The normalized spacial score (nSPS) is 16.7. The van der Waals surface area contributed by atoms with Crippen molar-refractivity contribution in [2.45, 2.75) is 38.9 Å². The van der Waals surface area contributed by atoms with Crippen LogP contribution in [0, 0.1) is 6.92 Å². The number of alkyl halides is 1. The summed E-state index contributed by atoms with van der Waals surface area (Å²) in [6.07, 6.45) is 2.21. The smallest absolute Gasteiger partial charge is 0.292 e. The number of rotatable bonds is 3. The number of fused-ring (bicyclic) bond motifs is 2. The summed E-state index contributed by atoms with van der Waals surface area (Å²) >= 11 is 6.29. The van der Waals surface area contributed by atoms with Crippen molar-refractivity contribution >= 4 is 23.0 Å². The Morgan fingerprint density at radius 2 is 2.19 bits per heavy atom. The molecule has 0 fully saturated rings. The number of hydrogen-bond donors (Lipinski definition) is 1. The van der Waals surface area contributed by atoms with Crippen LogP contribution in [0.15, 0.2) is 35.0 Å². The van der Waals surface area contributed by atoms with Crippen LogP contribution < -0.4 is 0 Å². The lowest BCUT2D eigenvalue weighted by molar-refractivity contribution is 0.0642. The molecule has 1 atom stereocenters. The highest BCUT2D eigenvalue weighted by atomic mass is 35.5. The fraction of sp³-hybridized carbons (Fsp3) is 0.333. The molecule has 0 bridgehead atoms. The predicted molar refractivity (Wildman–Crippen MR) is 111 cm³/mol. The van der Waals surface area contributed by atoms with Gasteiger partial charge in [-0.25, -0.2) is 18.9 Å². The van der Waals surface area contributed by atoms with Crippen molar-refractivity contribution in [2.75, 3.05) is 6.54 Å². The summed E-state index contributed by atoms with van der Waals surface area (Å²) in [6.45, 7) is 4.73. The largest absolute Gasteiger partial charge is 0.432 e. The van der Waals surface area contributed by atoms with Gasteiger partial charge in [0, 0.05) is 18.7 Å². The van der Waals surface area contributed by atoms with Crippen LogP contribution in [0.2, 0.25) is 5.15 Å². The number of halogens is 2. The molecule has 0 radical (unpaired) electrons. The number of pyridine rings is 1. The van der Waals surface area contributed by atoms with Gasteiger partial charge in [0.25, 0.3) is 5.91 Å². The molecule has 1 amide bonds. The van der Waals surface area contributed by atoms with Crippen LogP contribution in [0.25, 0.3) is 5.52 Å². The Labute approximate surface area is 182 Å². The quantitative estimate of drug-likeness (QED) is 0.484. The number of aryl methyl sites for hydroxylation is 1. The maximum absolute atomic E-state index is 14.4. The second kappa shape index (κ2) is 6.91. The number of oxazole rings is 1. The summed E-state index contributed by atoms with van der Waals surface area (Å²) in [5, 5.41) is 5.10. The van der Waals surface area contributed by atoms with Crippen molar-refractivity contribution in [3.8, 4) is 0 Å². The van der Waals surface area contributed by atoms with Gasteiger partial charge in [-0.05, 0) is 39.0 Å². The van der Waals surface area contributed by atoms with E-state index < -0.39 is 11.7 Å². The van der Waals surface area contributed by atoms with Gasteiger partial charge in [-0.1, -0.05) is 17.7 Å². The molecule has 31 heavy (non-hydrogen) atoms. The molecule has 1 aliphatic rings. The molecule has 160 valence electrons. The molecule has 1 N–H and O–H groups in total. The number of aromatic nitrogens is 5. The standard InChI is InChI=1S/C21H20ClFN6O2/c1-11-18(31-20(26-11)21(2,3)23)19(30)28-8-7-13-16(25-10-24-13)17(28)14-9-12-5-4-6-15(22)29(12)27-14/h4-6,9-10,17H,7-8H2,1-3H3,(H,24,25). The molecule has 0 saturated heterocycles. The Balaban J connectivity index is 1.61. The Kier molecular flexibility index (Phi) is 4.40. The van der Waals surface area contributed by atoms with E-state index in [0.29, 0.717) is 35.2 Å². The van der Waals surface area contributed by atoms with Gasteiger partial charge < -0.3 is 14.3 Å². The maximum atomic E-state index is 14.4. The van der Waals surface area contributed by atoms with Crippen molar-refractivity contribution in [1.29, 1.82) is 0 Å². The Morgan fingerprint density at radius 1 is 1.39 bits per heavy atom. The molecule has 5 heterocycles. The molecule has 8 nitrogen and oxygen atoms in total. The van der Waals surface area contributed by atoms with E-state index in [1.54, 1.807) is 28.7 Å². The first kappa shape index (κ1) is 19.7. The summed E-state index contributed by atoms with van der Waals surface area (Å²) in [7, 11) is 0. The number of nitrogens with zero attached hydrogens (tertiary/aromatic N) is 5. The second-order valence-electron chi connectivity index (χ2n) is 8.08. The SMILES string of the molecule is Cc1nc(C(C)(C)F)oc1C(=O)N1CCc2[nH]cnc2C1c1cc2cccc(Cl)n2n1. The second-order valence-corrected chi connectivity index (χ2v) is 8.47. The molecule has 0 aliphatic carbocycles. The summed E-state index contributed by atoms with van der Waals surface area (Å²) < 4.78 is 21.5. The van der Waals surface area contributed by atoms with E-state index in [-0.39, 0.29) is 17.6 Å². The molecule has 0 saturated carbocycles. The van der Waals surface area contributed by atoms with Crippen molar-refractivity contribution in [2.24, 2.45) is 0 Å². The number of imidazole rings is 1. The summed E-state index contributed by atoms with van der Waals surface area (Å²) in [4.78, 5) is 26.9. The Bertz CT molecular complexity index is 1300. The Morgan fingerprint density at radius 3 is 2.90 bits per heavy atom. The molecule has 4 aromatic heterocycles. The monoisotopic (exact) mass is 442 g/mol. The van der Waals surface area contributed by atoms with Crippen LogP contribution in [-0.4, -0.2) is 41.9 Å². The third-order valence-electron chi connectivity index (χ3n) is 5.42. The average molecular weight is 443 g/mol. The summed E-state index contributed by atoms with van der Waals surface area (Å²) in [5.74, 6) is -0.490. The predicted octanol–water partition coefficient (Wildman–Crippen LogP) is 4.00. The van der Waals surface area contributed by atoms with Crippen LogP contribution in [0.4, 0.5) is 4.39 Å². The van der Waals surface area contributed by atoms with E-state index in [1.165, 1.54) is 13.8 Å². The Hall–Kier alpha value is -3.20. The lowest BCUT2D eigenvalue weighted by Gasteiger charge is -2.33. The van der Waals surface area contributed by atoms with Crippen LogP contribution in [0.1, 0.15) is 59.1 Å². The van der Waals surface area contributed by atoms with E-state index in [9.17, 15) is 9.18 Å². The van der Waals surface area contributed by atoms with Crippen molar-refractivity contribution in [3.63, 3.8) is 0 Å². The molecular weight excluding hydrogens is 423 g/mol. The lowest BCUT2D eigenvalue weighted by atomic mass is 9.99. The number of hydrogen-bond acceptors (Lipinski definition) is 5. The van der Waals surface area contributed by atoms with Crippen molar-refractivity contribution < 1.29 is 13.6 Å². The van der Waals surface area contributed by atoms with Crippen LogP contribution >= 0.6 is 11.6 Å². The van der Waals surface area contributed by atoms with Gasteiger partial charge >= 0.3 is 0 Å². The molecular formula is C21H20ClFN6O2. The number of carbonyl (C=O) groups excluding carboxylic acids is 1. The number of aromatic amines is 1. The van der Waals surface area contributed by atoms with E-state index >= 15 is 0 Å². The van der Waals surface area contributed by atoms with E-state index in [4.69, 9.17) is 16.0 Å². The minimum Gasteiger partial charge on any atom is -0.432 e. The first-order chi connectivity index (χ1) is 14.7. The first-order valence-corrected chi connectivity index (χ1v) is 10.3. The third-order valence-corrected chi connectivity index (χ3v) is 5.71. The number of amides is 1. The van der Waals surface area contributed by atoms with Crippen LogP contribution in [0.3, 0.4) is 0 Å². The number of H-pyrrole nitrogens is 1. The molecule has 1 aliphatic heterocycles. The van der Waals surface area contributed by atoms with Gasteiger partial charge in [0.2, 0.25) is 11.7 Å². The zero-order chi connectivity index (χ0) is 21.9. The minimum atomic E-state index is -1.79. The molecule has 1 unspecified atom stereocenters. The molecule has 10 heteroatoms. The fourth-order valence-electron chi connectivity index (χ4n) is 3.91. The van der Waals surface area contributed by atoms with E-state index in [2.05, 4.69) is 20.1 Å². The van der Waals surface area contributed by atoms with Crippen LogP contribution in [0.5, 0.6) is 0 Å². The molecule has 0 aromatic carbocycles. The van der Waals surface area contributed by atoms with Crippen LogP contribution in [-0.2, 0) is 12.1 Å². The summed E-state index contributed by atoms with van der Waals surface area (Å²) in [5.41, 5.74) is 1.63. The van der Waals surface area contributed by atoms with Crippen molar-refractivity contribution in [1.82, 2.24) is 29.5 Å². The van der Waals surface area contributed by atoms with Gasteiger partial charge in [-0.2, -0.15) is 5.10 Å². The van der Waals surface area contributed by atoms with Gasteiger partial charge in [0.1, 0.15) is 11.2 Å². The van der Waals surface area contributed by atoms with E-state index in [1.807, 2.05) is 18.2 Å². The minimum absolute atomic E-state index is 0.0199. The topological polar surface area (TPSA) is 92.3 Å². The van der Waals surface area contributed by atoms with Gasteiger partial charge in [-0.15, -0.1) is 0 Å². The first-order valence-electron chi connectivity index (χ1n) is 9.88. The van der Waals surface area contributed by atoms with Gasteiger partial charge in [-0.3, -0.25) is 4.79 Å². The van der Waals surface area contributed by atoms with Gasteiger partial charge in [0.05, 0.1) is 28.9 Å². The highest BCUT2D eigenvalue weighted by Crippen LogP contribution is 2.36. The van der Waals surface area contributed by atoms with E-state index in [0.717, 1.165) is 11.2 Å². The van der Waals surface area contributed by atoms with Gasteiger partial charge in [0.15, 0.2) is 5.67 Å². The average Bonchev–Trinajstić information content (AvgIpc) is 3.44. The molecule has 5 rings (SSSR count). The fourth-order valence-corrected chi connectivity index (χ4v) is 4.12. The highest BCUT2D eigenvalue weighted by Gasteiger charge is 2.39. The maximum Gasteiger partial charge on any atom is 0.292 e. The molecule has 4 aromatic rings. The zero-order valence-electron chi connectivity index (χ0n) is 17.2. The third kappa shape index (κ3) is 3.20. The summed E-state index contributed by atoms with van der Waals surface area (Å²) in [6, 6.07) is 6.80. The molecule has 0 spiro atoms. The number of carbonyl (C=O) groups is 1. The lowest BCUT2D eigenvalue weighted by Crippen LogP contribution is -2.41. The van der Waals surface area contributed by atoms with Crippen molar-refractivity contribution in [3.05, 3.63) is 70.2 Å². The zero-order valence-corrected chi connectivity index (χ0v) is 17.9. The highest BCUT2D eigenvalue weighted by molar-refractivity contribution is 6.29.